The number of para-hydroxylation sites is 1. The zero-order chi connectivity index (χ0) is 26.7. The van der Waals surface area contributed by atoms with Crippen molar-refractivity contribution in [1.82, 2.24) is 0 Å². The molecule has 0 radical (unpaired) electrons. The van der Waals surface area contributed by atoms with Gasteiger partial charge in [0.25, 0.3) is 0 Å². The quantitative estimate of drug-likeness (QED) is 0.0729. The Bertz CT molecular complexity index is 1340. The van der Waals surface area contributed by atoms with Crippen molar-refractivity contribution in [3.63, 3.8) is 0 Å². The molecule has 0 aliphatic heterocycles. The third-order valence-electron chi connectivity index (χ3n) is 5.50. The fourth-order valence-electron chi connectivity index (χ4n) is 3.60. The van der Waals surface area contributed by atoms with Gasteiger partial charge < -0.3 is 9.47 Å². The SMILES string of the molecule is Fc1c(F)c(OCCC[n+]2ccccc2)c(F)c(F)c1N=Nc1ccccc1OCCC[n+]1ccccc1. The zero-order valence-electron chi connectivity index (χ0n) is 20.4. The number of pyridine rings is 2. The first-order valence-corrected chi connectivity index (χ1v) is 12.0. The van der Waals surface area contributed by atoms with Crippen LogP contribution in [0.15, 0.2) is 95.7 Å². The number of rotatable bonds is 12. The van der Waals surface area contributed by atoms with Gasteiger partial charge in [0.2, 0.25) is 11.6 Å². The molecule has 6 nitrogen and oxygen atoms in total. The molecule has 0 aliphatic rings. The van der Waals surface area contributed by atoms with Crippen LogP contribution in [0, 0.1) is 23.3 Å². The summed E-state index contributed by atoms with van der Waals surface area (Å²) < 4.78 is 73.0. The first-order valence-electron chi connectivity index (χ1n) is 12.0. The Balaban J connectivity index is 1.41. The molecule has 0 saturated carbocycles. The molecule has 2 aromatic heterocycles. The number of aryl methyl sites for hydroxylation is 2. The summed E-state index contributed by atoms with van der Waals surface area (Å²) >= 11 is 0. The van der Waals surface area contributed by atoms with E-state index < -0.39 is 34.7 Å². The first kappa shape index (κ1) is 26.7. The van der Waals surface area contributed by atoms with Crippen LogP contribution in [0.1, 0.15) is 12.8 Å². The smallest absolute Gasteiger partial charge is 0.206 e. The Morgan fingerprint density at radius 3 is 1.68 bits per heavy atom. The van der Waals surface area contributed by atoms with E-state index in [0.29, 0.717) is 31.7 Å². The molecule has 0 saturated heterocycles. The van der Waals surface area contributed by atoms with Crippen LogP contribution in [-0.2, 0) is 13.1 Å². The molecule has 4 rings (SSSR count). The Labute approximate surface area is 217 Å². The minimum atomic E-state index is -1.70. The van der Waals surface area contributed by atoms with Crippen molar-refractivity contribution in [2.24, 2.45) is 10.2 Å². The molecule has 2 heterocycles. The number of benzene rings is 2. The highest BCUT2D eigenvalue weighted by Gasteiger charge is 2.27. The van der Waals surface area contributed by atoms with Gasteiger partial charge in [-0.3, -0.25) is 0 Å². The van der Waals surface area contributed by atoms with Gasteiger partial charge >= 0.3 is 0 Å². The predicted molar refractivity (Wildman–Crippen MR) is 130 cm³/mol. The summed E-state index contributed by atoms with van der Waals surface area (Å²) in [5.41, 5.74) is -1.04. The number of hydrogen-bond acceptors (Lipinski definition) is 4. The lowest BCUT2D eigenvalue weighted by molar-refractivity contribution is -0.697. The monoisotopic (exact) mass is 526 g/mol. The zero-order valence-corrected chi connectivity index (χ0v) is 20.4. The van der Waals surface area contributed by atoms with Crippen molar-refractivity contribution in [1.29, 1.82) is 0 Å². The second-order valence-electron chi connectivity index (χ2n) is 8.23. The van der Waals surface area contributed by atoms with E-state index in [-0.39, 0.29) is 12.3 Å². The highest BCUT2D eigenvalue weighted by atomic mass is 19.2. The Hall–Kier alpha value is -4.34. The number of hydrogen-bond donors (Lipinski definition) is 0. The third-order valence-corrected chi connectivity index (χ3v) is 5.50. The van der Waals surface area contributed by atoms with E-state index in [1.165, 1.54) is 6.07 Å². The second kappa shape index (κ2) is 13.3. The van der Waals surface area contributed by atoms with Crippen LogP contribution >= 0.6 is 0 Å². The van der Waals surface area contributed by atoms with Crippen molar-refractivity contribution in [2.75, 3.05) is 13.2 Å². The van der Waals surface area contributed by atoms with E-state index in [4.69, 9.17) is 9.47 Å². The van der Waals surface area contributed by atoms with Crippen molar-refractivity contribution < 1.29 is 36.2 Å². The molecule has 0 N–H and O–H groups in total. The molecule has 0 fully saturated rings. The Morgan fingerprint density at radius 2 is 1.11 bits per heavy atom. The minimum absolute atomic E-state index is 0.150. The maximum absolute atomic E-state index is 14.6. The summed E-state index contributed by atoms with van der Waals surface area (Å²) in [7, 11) is 0. The van der Waals surface area contributed by atoms with Gasteiger partial charge in [-0.25, -0.2) is 17.9 Å². The molecule has 0 amide bonds. The van der Waals surface area contributed by atoms with Gasteiger partial charge in [-0.15, -0.1) is 10.2 Å². The van der Waals surface area contributed by atoms with Crippen LogP contribution in [0.3, 0.4) is 0 Å². The summed E-state index contributed by atoms with van der Waals surface area (Å²) in [6.45, 7) is 1.41. The molecular weight excluding hydrogens is 500 g/mol. The molecule has 0 spiro atoms. The lowest BCUT2D eigenvalue weighted by Crippen LogP contribution is -2.33. The molecule has 0 aliphatic carbocycles. The van der Waals surface area contributed by atoms with Crippen molar-refractivity contribution >= 4 is 11.4 Å². The topological polar surface area (TPSA) is 50.9 Å². The molecule has 38 heavy (non-hydrogen) atoms. The van der Waals surface area contributed by atoms with Gasteiger partial charge in [0, 0.05) is 37.1 Å². The number of nitrogens with zero attached hydrogens (tertiary/aromatic N) is 4. The van der Waals surface area contributed by atoms with Crippen molar-refractivity contribution in [2.45, 2.75) is 25.9 Å². The Kier molecular flexibility index (Phi) is 9.33. The van der Waals surface area contributed by atoms with E-state index >= 15 is 0 Å². The maximum Gasteiger partial charge on any atom is 0.206 e. The van der Waals surface area contributed by atoms with Crippen LogP contribution < -0.4 is 18.6 Å². The molecule has 0 unspecified atom stereocenters. The number of halogens is 4. The molecule has 2 aromatic carbocycles. The summed E-state index contributed by atoms with van der Waals surface area (Å²) in [5, 5.41) is 7.26. The van der Waals surface area contributed by atoms with Gasteiger partial charge in [0.05, 0.1) is 13.2 Å². The Morgan fingerprint density at radius 1 is 0.579 bits per heavy atom. The third kappa shape index (κ3) is 6.90. The summed E-state index contributed by atoms with van der Waals surface area (Å²) in [4.78, 5) is 0. The van der Waals surface area contributed by atoms with Crippen LogP contribution in [0.25, 0.3) is 0 Å². The fourth-order valence-corrected chi connectivity index (χ4v) is 3.60. The molecule has 0 atom stereocenters. The van der Waals surface area contributed by atoms with E-state index in [1.807, 2.05) is 70.3 Å². The van der Waals surface area contributed by atoms with E-state index in [1.54, 1.807) is 18.2 Å². The van der Waals surface area contributed by atoms with Gasteiger partial charge in [0.15, 0.2) is 60.9 Å². The average Bonchev–Trinajstić information content (AvgIpc) is 2.95. The second-order valence-corrected chi connectivity index (χ2v) is 8.23. The predicted octanol–water partition coefficient (Wildman–Crippen LogP) is 6.17. The molecular formula is C28H26F4N4O2+2. The standard InChI is InChI=1S/C28H26F4N4O2/c29-23-25(31)28(38-20-10-18-36-15-7-2-8-16-36)26(32)24(30)27(23)34-33-21-11-3-4-12-22(21)37-19-9-17-35-13-5-1-6-14-35/h1-8,11-16H,9-10,17-20H2/q+2. The van der Waals surface area contributed by atoms with E-state index in [0.717, 1.165) is 6.54 Å². The van der Waals surface area contributed by atoms with Gasteiger partial charge in [-0.2, -0.15) is 8.78 Å². The van der Waals surface area contributed by atoms with Gasteiger partial charge in [-0.05, 0) is 12.1 Å². The van der Waals surface area contributed by atoms with Crippen LogP contribution in [0.4, 0.5) is 28.9 Å². The first-order chi connectivity index (χ1) is 18.5. The van der Waals surface area contributed by atoms with Crippen LogP contribution in [0.5, 0.6) is 11.5 Å². The number of azo groups is 1. The van der Waals surface area contributed by atoms with E-state index in [2.05, 4.69) is 10.2 Å². The summed E-state index contributed by atoms with van der Waals surface area (Å²) in [6, 6.07) is 17.7. The summed E-state index contributed by atoms with van der Waals surface area (Å²) in [6.07, 6.45) is 8.54. The molecule has 196 valence electrons. The molecule has 0 bridgehead atoms. The minimum Gasteiger partial charge on any atom is -0.491 e. The number of aromatic nitrogens is 2. The van der Waals surface area contributed by atoms with Gasteiger partial charge in [-0.1, -0.05) is 24.3 Å². The molecule has 4 aromatic rings. The van der Waals surface area contributed by atoms with Crippen LogP contribution in [-0.4, -0.2) is 13.2 Å². The van der Waals surface area contributed by atoms with Gasteiger partial charge in [0.1, 0.15) is 11.4 Å². The van der Waals surface area contributed by atoms with Crippen molar-refractivity contribution in [3.05, 3.63) is 109 Å². The highest BCUT2D eigenvalue weighted by molar-refractivity contribution is 5.52. The lowest BCUT2D eigenvalue weighted by atomic mass is 10.2. The largest absolute Gasteiger partial charge is 0.491 e. The maximum atomic E-state index is 14.6. The average molecular weight is 527 g/mol. The molecule has 10 heteroatoms. The fraction of sp³-hybridized carbons (Fsp3) is 0.214. The van der Waals surface area contributed by atoms with Crippen molar-refractivity contribution in [3.8, 4) is 11.5 Å². The van der Waals surface area contributed by atoms with E-state index in [9.17, 15) is 17.6 Å². The number of ether oxygens (including phenoxy) is 2. The highest BCUT2D eigenvalue weighted by Crippen LogP contribution is 2.36. The summed E-state index contributed by atoms with van der Waals surface area (Å²) in [5.74, 6) is -7.55. The normalized spacial score (nSPS) is 11.2. The van der Waals surface area contributed by atoms with Crippen LogP contribution in [0.2, 0.25) is 0 Å². The lowest BCUT2D eigenvalue weighted by Gasteiger charge is -2.11.